The lowest BCUT2D eigenvalue weighted by molar-refractivity contribution is -0.122. The largest absolute Gasteiger partial charge is 0.371 e. The van der Waals surface area contributed by atoms with Gasteiger partial charge in [0.2, 0.25) is 5.91 Å². The van der Waals surface area contributed by atoms with Gasteiger partial charge < -0.3 is 15.1 Å². The van der Waals surface area contributed by atoms with E-state index < -0.39 is 0 Å². The van der Waals surface area contributed by atoms with Crippen molar-refractivity contribution in [1.82, 2.24) is 10.2 Å². The fraction of sp³-hybridized carbons (Fsp3) is 0.652. The van der Waals surface area contributed by atoms with E-state index in [9.17, 15) is 9.59 Å². The summed E-state index contributed by atoms with van der Waals surface area (Å²) in [5.74, 6) is 1.41. The summed E-state index contributed by atoms with van der Waals surface area (Å²) in [5.41, 5.74) is 1.86. The molecule has 1 N–H and O–H groups in total. The predicted octanol–water partition coefficient (Wildman–Crippen LogP) is 3.69. The Bertz CT molecular complexity index is 672. The molecular weight excluding hydrogens is 350 g/mol. The topological polar surface area (TPSA) is 52.7 Å². The van der Waals surface area contributed by atoms with Crippen LogP contribution in [0.25, 0.3) is 0 Å². The quantitative estimate of drug-likeness (QED) is 0.841. The highest BCUT2D eigenvalue weighted by atomic mass is 16.2. The highest BCUT2D eigenvalue weighted by Gasteiger charge is 2.27. The third kappa shape index (κ3) is 5.27. The van der Waals surface area contributed by atoms with Gasteiger partial charge in [0, 0.05) is 44.3 Å². The van der Waals surface area contributed by atoms with Gasteiger partial charge in [-0.3, -0.25) is 9.59 Å². The van der Waals surface area contributed by atoms with Crippen molar-refractivity contribution < 1.29 is 9.59 Å². The Kier molecular flexibility index (Phi) is 6.97. The van der Waals surface area contributed by atoms with Gasteiger partial charge in [-0.2, -0.15) is 0 Å². The van der Waals surface area contributed by atoms with Crippen LogP contribution >= 0.6 is 0 Å². The van der Waals surface area contributed by atoms with Crippen LogP contribution in [0.5, 0.6) is 0 Å². The molecule has 0 unspecified atom stereocenters. The van der Waals surface area contributed by atoms with Gasteiger partial charge in [-0.1, -0.05) is 32.9 Å². The van der Waals surface area contributed by atoms with Crippen LogP contribution in [-0.2, 0) is 4.79 Å². The van der Waals surface area contributed by atoms with E-state index in [0.717, 1.165) is 63.1 Å². The minimum Gasteiger partial charge on any atom is -0.371 e. The number of hydrogen-bond acceptors (Lipinski definition) is 3. The first-order valence-corrected chi connectivity index (χ1v) is 10.9. The molecule has 1 aromatic carbocycles. The third-order valence-corrected chi connectivity index (χ3v) is 6.00. The summed E-state index contributed by atoms with van der Waals surface area (Å²) in [6, 6.07) is 8.25. The number of piperidine rings is 2. The number of benzene rings is 1. The predicted molar refractivity (Wildman–Crippen MR) is 114 cm³/mol. The van der Waals surface area contributed by atoms with Crippen molar-refractivity contribution in [2.75, 3.05) is 31.1 Å². The second-order valence-electron chi connectivity index (χ2n) is 8.92. The molecule has 5 heteroatoms. The summed E-state index contributed by atoms with van der Waals surface area (Å²) in [7, 11) is 0. The van der Waals surface area contributed by atoms with Crippen molar-refractivity contribution in [3.63, 3.8) is 0 Å². The fourth-order valence-corrected chi connectivity index (χ4v) is 4.23. The number of amides is 2. The molecule has 0 saturated carbocycles. The van der Waals surface area contributed by atoms with Crippen molar-refractivity contribution in [2.24, 2.45) is 11.8 Å². The second kappa shape index (κ2) is 9.44. The van der Waals surface area contributed by atoms with Crippen LogP contribution in [0.15, 0.2) is 24.3 Å². The number of likely N-dealkylation sites (tertiary alicyclic amines) is 1. The minimum absolute atomic E-state index is 0.156. The van der Waals surface area contributed by atoms with Gasteiger partial charge in [0.1, 0.15) is 0 Å². The molecule has 3 rings (SSSR count). The van der Waals surface area contributed by atoms with Crippen LogP contribution in [0, 0.1) is 11.8 Å². The van der Waals surface area contributed by atoms with E-state index >= 15 is 0 Å². The number of rotatable bonds is 5. The molecule has 2 saturated heterocycles. The fourth-order valence-electron chi connectivity index (χ4n) is 4.23. The van der Waals surface area contributed by atoms with E-state index in [2.05, 4.69) is 37.1 Å². The molecule has 0 radical (unpaired) electrons. The van der Waals surface area contributed by atoms with Gasteiger partial charge in [0.05, 0.1) is 5.56 Å². The summed E-state index contributed by atoms with van der Waals surface area (Å²) in [4.78, 5) is 29.5. The molecule has 2 aliphatic heterocycles. The first-order chi connectivity index (χ1) is 13.4. The van der Waals surface area contributed by atoms with Crippen LogP contribution in [0.4, 0.5) is 5.69 Å². The Morgan fingerprint density at radius 1 is 1.04 bits per heavy atom. The molecule has 2 heterocycles. The highest BCUT2D eigenvalue weighted by molar-refractivity contribution is 6.00. The molecule has 0 atom stereocenters. The number of carbonyl (C=O) groups is 2. The summed E-state index contributed by atoms with van der Waals surface area (Å²) >= 11 is 0. The minimum atomic E-state index is 0.156. The third-order valence-electron chi connectivity index (χ3n) is 6.00. The number of nitrogens with one attached hydrogen (secondary N) is 1. The maximum Gasteiger partial charge on any atom is 0.255 e. The standard InChI is InChI=1S/C23H35N3O2/c1-17(2)16-22(27)24-19-10-14-25(15-11-19)21-7-5-4-6-20(21)23(28)26-12-8-18(3)9-13-26/h4-7,17-19H,8-16H2,1-3H3,(H,24,27). The van der Waals surface area contributed by atoms with Crippen molar-refractivity contribution in [2.45, 2.75) is 58.9 Å². The molecule has 2 fully saturated rings. The van der Waals surface area contributed by atoms with E-state index in [1.165, 1.54) is 0 Å². The van der Waals surface area contributed by atoms with Gasteiger partial charge in [-0.15, -0.1) is 0 Å². The number of hydrogen-bond donors (Lipinski definition) is 1. The Balaban J connectivity index is 1.61. The molecule has 0 bridgehead atoms. The Hall–Kier alpha value is -2.04. The van der Waals surface area contributed by atoms with E-state index in [1.807, 2.05) is 23.1 Å². The van der Waals surface area contributed by atoms with Gasteiger partial charge in [0.25, 0.3) is 5.91 Å². The van der Waals surface area contributed by atoms with Crippen molar-refractivity contribution in [3.8, 4) is 0 Å². The van der Waals surface area contributed by atoms with E-state index in [0.29, 0.717) is 18.3 Å². The van der Waals surface area contributed by atoms with Gasteiger partial charge in [-0.05, 0) is 49.7 Å². The van der Waals surface area contributed by atoms with Crippen LogP contribution in [0.2, 0.25) is 0 Å². The number of anilines is 1. The molecule has 2 aliphatic rings. The Morgan fingerprint density at radius 2 is 1.68 bits per heavy atom. The smallest absolute Gasteiger partial charge is 0.255 e. The molecule has 1 aromatic rings. The van der Waals surface area contributed by atoms with Crippen LogP contribution in [-0.4, -0.2) is 48.9 Å². The van der Waals surface area contributed by atoms with E-state index in [-0.39, 0.29) is 17.9 Å². The van der Waals surface area contributed by atoms with Crippen LogP contribution in [0.1, 0.15) is 63.2 Å². The molecule has 28 heavy (non-hydrogen) atoms. The summed E-state index contributed by atoms with van der Waals surface area (Å²) in [5, 5.41) is 3.17. The van der Waals surface area contributed by atoms with Crippen LogP contribution in [0.3, 0.4) is 0 Å². The van der Waals surface area contributed by atoms with Gasteiger partial charge >= 0.3 is 0 Å². The zero-order valence-electron chi connectivity index (χ0n) is 17.6. The number of carbonyl (C=O) groups excluding carboxylic acids is 2. The van der Waals surface area contributed by atoms with E-state index in [4.69, 9.17) is 0 Å². The average molecular weight is 386 g/mol. The second-order valence-corrected chi connectivity index (χ2v) is 8.92. The summed E-state index contributed by atoms with van der Waals surface area (Å²) in [6.45, 7) is 9.86. The maximum atomic E-state index is 13.1. The molecule has 154 valence electrons. The maximum absolute atomic E-state index is 13.1. The zero-order chi connectivity index (χ0) is 20.1. The van der Waals surface area contributed by atoms with Gasteiger partial charge in [-0.25, -0.2) is 0 Å². The average Bonchev–Trinajstić information content (AvgIpc) is 2.68. The van der Waals surface area contributed by atoms with Crippen LogP contribution < -0.4 is 10.2 Å². The lowest BCUT2D eigenvalue weighted by Gasteiger charge is -2.36. The van der Waals surface area contributed by atoms with Crippen molar-refractivity contribution in [3.05, 3.63) is 29.8 Å². The Morgan fingerprint density at radius 3 is 2.32 bits per heavy atom. The van der Waals surface area contributed by atoms with E-state index in [1.54, 1.807) is 0 Å². The van der Waals surface area contributed by atoms with Gasteiger partial charge in [0.15, 0.2) is 0 Å². The lowest BCUT2D eigenvalue weighted by Crippen LogP contribution is -2.45. The lowest BCUT2D eigenvalue weighted by atomic mass is 9.98. The first kappa shape index (κ1) is 20.7. The van der Waals surface area contributed by atoms with Crippen molar-refractivity contribution in [1.29, 1.82) is 0 Å². The highest BCUT2D eigenvalue weighted by Crippen LogP contribution is 2.27. The summed E-state index contributed by atoms with van der Waals surface area (Å²) < 4.78 is 0. The molecule has 0 spiro atoms. The molecule has 0 aromatic heterocycles. The summed E-state index contributed by atoms with van der Waals surface area (Å²) in [6.07, 6.45) is 4.62. The number of nitrogens with zero attached hydrogens (tertiary/aromatic N) is 2. The monoisotopic (exact) mass is 385 g/mol. The first-order valence-electron chi connectivity index (χ1n) is 10.9. The molecule has 2 amide bonds. The SMILES string of the molecule is CC(C)CC(=O)NC1CCN(c2ccccc2C(=O)N2CCC(C)CC2)CC1. The molecule has 0 aliphatic carbocycles. The molecule has 5 nitrogen and oxygen atoms in total. The zero-order valence-corrected chi connectivity index (χ0v) is 17.6. The van der Waals surface area contributed by atoms with Crippen molar-refractivity contribution >= 4 is 17.5 Å². The normalized spacial score (nSPS) is 19.1. The number of para-hydroxylation sites is 1. The Labute approximate surface area is 169 Å². The molecular formula is C23H35N3O2.